The zero-order valence-electron chi connectivity index (χ0n) is 20.2. The van der Waals surface area contributed by atoms with Crippen molar-refractivity contribution in [2.75, 3.05) is 13.7 Å². The number of ether oxygens (including phenoxy) is 1. The minimum atomic E-state index is -0.240. The number of carbonyl (C=O) groups is 2. The molecule has 0 aliphatic carbocycles. The fourth-order valence-electron chi connectivity index (χ4n) is 4.90. The van der Waals surface area contributed by atoms with Crippen LogP contribution in [-0.2, 0) is 6.42 Å². The average molecular weight is 481 g/mol. The van der Waals surface area contributed by atoms with Crippen LogP contribution in [0.1, 0.15) is 44.2 Å². The second-order valence-electron chi connectivity index (χ2n) is 8.89. The molecule has 0 atom stereocenters. The van der Waals surface area contributed by atoms with Crippen LogP contribution in [0.5, 0.6) is 5.75 Å². The van der Waals surface area contributed by atoms with Crippen molar-refractivity contribution in [2.24, 2.45) is 0 Å². The van der Waals surface area contributed by atoms with Crippen LogP contribution in [-0.4, -0.2) is 54.5 Å². The number of aryl methyl sites for hydroxylation is 2. The Kier molecular flexibility index (Phi) is 5.06. The molecule has 1 aliphatic heterocycles. The Bertz CT molecular complexity index is 1630. The Balaban J connectivity index is 1.27. The third-order valence-corrected chi connectivity index (χ3v) is 6.87. The number of amides is 2. The van der Waals surface area contributed by atoms with Gasteiger partial charge in [-0.2, -0.15) is 0 Å². The molecular formula is C27H24N6O3. The van der Waals surface area contributed by atoms with Crippen molar-refractivity contribution in [2.45, 2.75) is 26.7 Å². The number of methoxy groups -OCH3 is 1. The van der Waals surface area contributed by atoms with Gasteiger partial charge >= 0.3 is 0 Å². The van der Waals surface area contributed by atoms with E-state index in [4.69, 9.17) is 14.7 Å². The van der Waals surface area contributed by atoms with Gasteiger partial charge in [0.05, 0.1) is 23.6 Å². The van der Waals surface area contributed by atoms with Gasteiger partial charge in [0.2, 0.25) is 0 Å². The lowest BCUT2D eigenvalue weighted by Gasteiger charge is -2.12. The number of carbonyl (C=O) groups excluding carboxylic acids is 2. The second-order valence-corrected chi connectivity index (χ2v) is 8.89. The standard InChI is InChI=1S/C27H24N6O3/c1-16-17(2)33(18-10-12-19(36-3)13-11-18)24-23(16)25-29-22(30-32(25)15-28-24)9-6-14-31-26(34)20-7-4-5-8-21(20)27(31)35/h4-5,7-8,10-13,15H,6,9,14H2,1-3H3. The van der Waals surface area contributed by atoms with E-state index in [0.29, 0.717) is 36.3 Å². The summed E-state index contributed by atoms with van der Waals surface area (Å²) in [5, 5.41) is 5.56. The molecule has 9 nitrogen and oxygen atoms in total. The van der Waals surface area contributed by atoms with Crippen LogP contribution in [0.4, 0.5) is 0 Å². The van der Waals surface area contributed by atoms with Crippen LogP contribution in [0.25, 0.3) is 22.4 Å². The van der Waals surface area contributed by atoms with Crippen molar-refractivity contribution in [3.05, 3.63) is 83.1 Å². The van der Waals surface area contributed by atoms with E-state index in [1.807, 2.05) is 24.3 Å². The lowest BCUT2D eigenvalue weighted by molar-refractivity contribution is 0.0652. The summed E-state index contributed by atoms with van der Waals surface area (Å²) in [4.78, 5) is 36.0. The molecule has 0 unspecified atom stereocenters. The maximum absolute atomic E-state index is 12.6. The summed E-state index contributed by atoms with van der Waals surface area (Å²) in [6.45, 7) is 4.45. The molecule has 180 valence electrons. The van der Waals surface area contributed by atoms with Crippen LogP contribution in [0.2, 0.25) is 0 Å². The minimum absolute atomic E-state index is 0.240. The molecule has 6 rings (SSSR count). The molecule has 0 fully saturated rings. The number of hydrogen-bond acceptors (Lipinski definition) is 6. The van der Waals surface area contributed by atoms with E-state index in [2.05, 4.69) is 23.5 Å². The van der Waals surface area contributed by atoms with Crippen molar-refractivity contribution >= 4 is 28.5 Å². The number of aromatic nitrogens is 5. The highest BCUT2D eigenvalue weighted by Crippen LogP contribution is 2.30. The molecule has 3 aromatic heterocycles. The predicted octanol–water partition coefficient (Wildman–Crippen LogP) is 3.92. The zero-order chi connectivity index (χ0) is 25.0. The van der Waals surface area contributed by atoms with Crippen LogP contribution < -0.4 is 4.74 Å². The van der Waals surface area contributed by atoms with Crippen LogP contribution >= 0.6 is 0 Å². The summed E-state index contributed by atoms with van der Waals surface area (Å²) in [7, 11) is 1.65. The lowest BCUT2D eigenvalue weighted by Crippen LogP contribution is -2.31. The van der Waals surface area contributed by atoms with Crippen molar-refractivity contribution in [1.82, 2.24) is 29.0 Å². The molecule has 0 bridgehead atoms. The first-order chi connectivity index (χ1) is 17.5. The van der Waals surface area contributed by atoms with Gasteiger partial charge in [-0.3, -0.25) is 19.1 Å². The molecule has 1 aliphatic rings. The summed E-state index contributed by atoms with van der Waals surface area (Å²) in [5.41, 5.74) is 5.64. The summed E-state index contributed by atoms with van der Waals surface area (Å²) >= 11 is 0. The summed E-state index contributed by atoms with van der Waals surface area (Å²) < 4.78 is 9.11. The molecule has 36 heavy (non-hydrogen) atoms. The van der Waals surface area contributed by atoms with Crippen molar-refractivity contribution < 1.29 is 14.3 Å². The molecule has 0 saturated carbocycles. The Hall–Kier alpha value is -4.53. The lowest BCUT2D eigenvalue weighted by atomic mass is 10.1. The second kappa shape index (κ2) is 8.30. The van der Waals surface area contributed by atoms with Gasteiger partial charge in [0, 0.05) is 24.3 Å². The molecule has 2 aromatic carbocycles. The smallest absolute Gasteiger partial charge is 0.261 e. The fraction of sp³-hybridized carbons (Fsp3) is 0.222. The number of rotatable bonds is 6. The zero-order valence-corrected chi connectivity index (χ0v) is 20.2. The van der Waals surface area contributed by atoms with E-state index in [9.17, 15) is 9.59 Å². The van der Waals surface area contributed by atoms with Gasteiger partial charge < -0.3 is 4.74 Å². The van der Waals surface area contributed by atoms with E-state index in [1.54, 1.807) is 42.2 Å². The first-order valence-corrected chi connectivity index (χ1v) is 11.8. The van der Waals surface area contributed by atoms with Crippen molar-refractivity contribution in [1.29, 1.82) is 0 Å². The van der Waals surface area contributed by atoms with Gasteiger partial charge in [0.25, 0.3) is 11.8 Å². The third-order valence-electron chi connectivity index (χ3n) is 6.87. The minimum Gasteiger partial charge on any atom is -0.497 e. The summed E-state index contributed by atoms with van der Waals surface area (Å²) in [6.07, 6.45) is 2.79. The molecular weight excluding hydrogens is 456 g/mol. The normalized spacial score (nSPS) is 13.2. The fourth-order valence-corrected chi connectivity index (χ4v) is 4.90. The molecule has 2 amide bonds. The van der Waals surface area contributed by atoms with Gasteiger partial charge in [-0.25, -0.2) is 14.5 Å². The Labute approximate surface area is 207 Å². The molecule has 0 N–H and O–H groups in total. The van der Waals surface area contributed by atoms with Crippen LogP contribution in [0, 0.1) is 13.8 Å². The van der Waals surface area contributed by atoms with E-state index in [1.165, 1.54) is 4.90 Å². The van der Waals surface area contributed by atoms with Crippen LogP contribution in [0.15, 0.2) is 54.9 Å². The highest BCUT2D eigenvalue weighted by atomic mass is 16.5. The van der Waals surface area contributed by atoms with E-state index in [0.717, 1.165) is 39.4 Å². The van der Waals surface area contributed by atoms with Gasteiger partial charge in [-0.05, 0) is 62.2 Å². The number of imide groups is 1. The maximum atomic E-state index is 12.6. The van der Waals surface area contributed by atoms with Crippen LogP contribution in [0.3, 0.4) is 0 Å². The van der Waals surface area contributed by atoms with E-state index in [-0.39, 0.29) is 11.8 Å². The maximum Gasteiger partial charge on any atom is 0.261 e. The molecule has 0 saturated heterocycles. The topological polar surface area (TPSA) is 94.6 Å². The molecule has 0 spiro atoms. The number of benzene rings is 2. The SMILES string of the molecule is COc1ccc(-n2c(C)c(C)c3c2ncn2nc(CCCN4C(=O)c5ccccc5C4=O)nc32)cc1. The third kappa shape index (κ3) is 3.27. The summed E-state index contributed by atoms with van der Waals surface area (Å²) in [6, 6.07) is 14.8. The number of fused-ring (bicyclic) bond motifs is 4. The Morgan fingerprint density at radius 1 is 0.917 bits per heavy atom. The monoisotopic (exact) mass is 480 g/mol. The Morgan fingerprint density at radius 3 is 2.28 bits per heavy atom. The predicted molar refractivity (Wildman–Crippen MR) is 134 cm³/mol. The number of hydrogen-bond donors (Lipinski definition) is 0. The Morgan fingerprint density at radius 2 is 1.61 bits per heavy atom. The van der Waals surface area contributed by atoms with Gasteiger partial charge in [-0.15, -0.1) is 5.10 Å². The molecule has 0 radical (unpaired) electrons. The summed E-state index contributed by atoms with van der Waals surface area (Å²) in [5.74, 6) is 0.962. The van der Waals surface area contributed by atoms with Crippen molar-refractivity contribution in [3.63, 3.8) is 0 Å². The first-order valence-electron chi connectivity index (χ1n) is 11.8. The van der Waals surface area contributed by atoms with Crippen molar-refractivity contribution in [3.8, 4) is 11.4 Å². The van der Waals surface area contributed by atoms with Gasteiger partial charge in [-0.1, -0.05) is 12.1 Å². The highest BCUT2D eigenvalue weighted by Gasteiger charge is 2.34. The average Bonchev–Trinajstić information content (AvgIpc) is 3.51. The van der Waals surface area contributed by atoms with E-state index < -0.39 is 0 Å². The molecule has 5 aromatic rings. The molecule has 9 heteroatoms. The van der Waals surface area contributed by atoms with Gasteiger partial charge in [0.15, 0.2) is 17.1 Å². The number of nitrogens with zero attached hydrogens (tertiary/aromatic N) is 6. The van der Waals surface area contributed by atoms with E-state index >= 15 is 0 Å². The quantitative estimate of drug-likeness (QED) is 0.342. The highest BCUT2D eigenvalue weighted by molar-refractivity contribution is 6.21. The molecule has 4 heterocycles. The largest absolute Gasteiger partial charge is 0.497 e. The van der Waals surface area contributed by atoms with Gasteiger partial charge in [0.1, 0.15) is 12.1 Å². The first kappa shape index (κ1) is 22.0.